The Morgan fingerprint density at radius 3 is 2.75 bits per heavy atom. The molecular formula is C16H17N3O5. The second kappa shape index (κ2) is 6.95. The summed E-state index contributed by atoms with van der Waals surface area (Å²) >= 11 is 0. The fraction of sp³-hybridized carbons (Fsp3) is 0.250. The third-order valence-electron chi connectivity index (χ3n) is 2.71. The molecule has 1 heterocycles. The van der Waals surface area contributed by atoms with Gasteiger partial charge in [-0.2, -0.15) is 5.10 Å². The van der Waals surface area contributed by atoms with Gasteiger partial charge in [0, 0.05) is 17.7 Å². The summed E-state index contributed by atoms with van der Waals surface area (Å²) in [5.74, 6) is 0.838. The van der Waals surface area contributed by atoms with Crippen LogP contribution >= 0.6 is 0 Å². The first kappa shape index (κ1) is 17.2. The quantitative estimate of drug-likeness (QED) is 0.522. The number of furan rings is 1. The van der Waals surface area contributed by atoms with Gasteiger partial charge in [0.1, 0.15) is 17.1 Å². The van der Waals surface area contributed by atoms with Crippen LogP contribution in [0.4, 0.5) is 10.5 Å². The van der Waals surface area contributed by atoms with Crippen molar-refractivity contribution >= 4 is 18.0 Å². The van der Waals surface area contributed by atoms with Crippen LogP contribution in [0.15, 0.2) is 45.9 Å². The maximum Gasteiger partial charge on any atom is 0.428 e. The van der Waals surface area contributed by atoms with Crippen molar-refractivity contribution in [2.75, 3.05) is 0 Å². The molecule has 0 radical (unpaired) electrons. The lowest BCUT2D eigenvalue weighted by Crippen LogP contribution is -2.29. The standard InChI is InChI=1S/C16H17N3O5/c1-16(2,3)24-15(20)18-17-10-13-7-8-14(23-13)11-5-4-6-12(9-11)19(21)22/h4-10H,1-3H3,(H,18,20)/b17-10+. The number of carbonyl (C=O) groups excluding carboxylic acids is 1. The van der Waals surface area contributed by atoms with Gasteiger partial charge in [-0.25, -0.2) is 10.2 Å². The molecule has 0 aliphatic carbocycles. The van der Waals surface area contributed by atoms with E-state index in [9.17, 15) is 14.9 Å². The van der Waals surface area contributed by atoms with Gasteiger partial charge in [0.05, 0.1) is 11.1 Å². The van der Waals surface area contributed by atoms with Gasteiger partial charge >= 0.3 is 6.09 Å². The molecule has 8 heteroatoms. The first-order chi connectivity index (χ1) is 11.2. The Labute approximate surface area is 138 Å². The van der Waals surface area contributed by atoms with Crippen LogP contribution in [0.3, 0.4) is 0 Å². The molecule has 0 aliphatic rings. The number of nitrogens with one attached hydrogen (secondary N) is 1. The minimum absolute atomic E-state index is 0.0225. The predicted molar refractivity (Wildman–Crippen MR) is 87.8 cm³/mol. The highest BCUT2D eigenvalue weighted by atomic mass is 16.6. The first-order valence-electron chi connectivity index (χ1n) is 7.11. The molecule has 0 aliphatic heterocycles. The van der Waals surface area contributed by atoms with E-state index in [1.165, 1.54) is 18.3 Å². The summed E-state index contributed by atoms with van der Waals surface area (Å²) in [6.07, 6.45) is 0.634. The van der Waals surface area contributed by atoms with E-state index in [4.69, 9.17) is 9.15 Å². The highest BCUT2D eigenvalue weighted by Gasteiger charge is 2.15. The minimum Gasteiger partial charge on any atom is -0.455 e. The molecule has 0 saturated carbocycles. The number of ether oxygens (including phenoxy) is 1. The topological polar surface area (TPSA) is 107 Å². The van der Waals surface area contributed by atoms with Gasteiger partial charge in [-0.05, 0) is 32.9 Å². The van der Waals surface area contributed by atoms with E-state index in [0.29, 0.717) is 17.1 Å². The van der Waals surface area contributed by atoms with Gasteiger partial charge < -0.3 is 9.15 Å². The van der Waals surface area contributed by atoms with Crippen LogP contribution in [0.25, 0.3) is 11.3 Å². The average Bonchev–Trinajstić information content (AvgIpc) is 2.94. The Morgan fingerprint density at radius 1 is 1.33 bits per heavy atom. The van der Waals surface area contributed by atoms with Crippen molar-refractivity contribution < 1.29 is 18.9 Å². The Hall–Kier alpha value is -3.16. The van der Waals surface area contributed by atoms with Crippen molar-refractivity contribution in [2.45, 2.75) is 26.4 Å². The molecule has 0 fully saturated rings. The molecule has 1 aromatic carbocycles. The SMILES string of the molecule is CC(C)(C)OC(=O)N/N=C/c1ccc(-c2cccc([N+](=O)[O-])c2)o1. The summed E-state index contributed by atoms with van der Waals surface area (Å²) in [6.45, 7) is 5.23. The Morgan fingerprint density at radius 2 is 2.08 bits per heavy atom. The monoisotopic (exact) mass is 331 g/mol. The molecule has 0 atom stereocenters. The van der Waals surface area contributed by atoms with Crippen LogP contribution in [0.2, 0.25) is 0 Å². The van der Waals surface area contributed by atoms with E-state index in [1.54, 1.807) is 45.0 Å². The molecule has 1 N–H and O–H groups in total. The Bertz CT molecular complexity index is 774. The van der Waals surface area contributed by atoms with Crippen molar-refractivity contribution in [3.05, 3.63) is 52.3 Å². The fourth-order valence-corrected chi connectivity index (χ4v) is 1.80. The summed E-state index contributed by atoms with van der Waals surface area (Å²) < 4.78 is 10.6. The fourth-order valence-electron chi connectivity index (χ4n) is 1.80. The summed E-state index contributed by atoms with van der Waals surface area (Å²) in [6, 6.07) is 9.39. The summed E-state index contributed by atoms with van der Waals surface area (Å²) in [5, 5.41) is 14.5. The third-order valence-corrected chi connectivity index (χ3v) is 2.71. The van der Waals surface area contributed by atoms with Gasteiger partial charge in [0.2, 0.25) is 0 Å². The molecule has 126 valence electrons. The van der Waals surface area contributed by atoms with Crippen LogP contribution in [-0.2, 0) is 4.74 Å². The van der Waals surface area contributed by atoms with E-state index in [1.807, 2.05) is 0 Å². The number of amides is 1. The highest BCUT2D eigenvalue weighted by Crippen LogP contribution is 2.25. The van der Waals surface area contributed by atoms with E-state index in [0.717, 1.165) is 0 Å². The number of nitrogens with zero attached hydrogens (tertiary/aromatic N) is 2. The number of non-ortho nitro benzene ring substituents is 1. The lowest BCUT2D eigenvalue weighted by atomic mass is 10.1. The zero-order chi connectivity index (χ0) is 17.7. The number of nitro benzene ring substituents is 1. The minimum atomic E-state index is -0.677. The van der Waals surface area contributed by atoms with Crippen molar-refractivity contribution in [2.24, 2.45) is 5.10 Å². The second-order valence-corrected chi connectivity index (χ2v) is 5.88. The number of hydrazone groups is 1. The molecule has 0 bridgehead atoms. The zero-order valence-electron chi connectivity index (χ0n) is 13.5. The van der Waals surface area contributed by atoms with Gasteiger partial charge in [-0.3, -0.25) is 10.1 Å². The number of carbonyl (C=O) groups is 1. The number of benzene rings is 1. The maximum atomic E-state index is 11.4. The van der Waals surface area contributed by atoms with Crippen molar-refractivity contribution in [1.82, 2.24) is 5.43 Å². The maximum absolute atomic E-state index is 11.4. The second-order valence-electron chi connectivity index (χ2n) is 5.88. The van der Waals surface area contributed by atoms with Gasteiger partial charge in [-0.1, -0.05) is 12.1 Å². The molecular weight excluding hydrogens is 314 g/mol. The van der Waals surface area contributed by atoms with Crippen LogP contribution in [0, 0.1) is 10.1 Å². The Kier molecular flexibility index (Phi) is 4.98. The van der Waals surface area contributed by atoms with Crippen LogP contribution < -0.4 is 5.43 Å². The van der Waals surface area contributed by atoms with Crippen molar-refractivity contribution in [1.29, 1.82) is 0 Å². The lowest BCUT2D eigenvalue weighted by molar-refractivity contribution is -0.384. The number of hydrogen-bond acceptors (Lipinski definition) is 6. The number of hydrogen-bond donors (Lipinski definition) is 1. The molecule has 1 aromatic heterocycles. The average molecular weight is 331 g/mol. The third kappa shape index (κ3) is 4.94. The highest BCUT2D eigenvalue weighted by molar-refractivity contribution is 5.79. The van der Waals surface area contributed by atoms with Gasteiger partial charge in [0.25, 0.3) is 5.69 Å². The van der Waals surface area contributed by atoms with E-state index >= 15 is 0 Å². The number of nitro groups is 1. The summed E-state index contributed by atoms with van der Waals surface area (Å²) in [4.78, 5) is 21.8. The summed E-state index contributed by atoms with van der Waals surface area (Å²) in [5.41, 5.74) is 2.16. The normalized spacial score (nSPS) is 11.5. The smallest absolute Gasteiger partial charge is 0.428 e. The van der Waals surface area contributed by atoms with Crippen LogP contribution in [-0.4, -0.2) is 22.8 Å². The van der Waals surface area contributed by atoms with Crippen LogP contribution in [0.1, 0.15) is 26.5 Å². The molecule has 24 heavy (non-hydrogen) atoms. The molecule has 8 nitrogen and oxygen atoms in total. The zero-order valence-corrected chi connectivity index (χ0v) is 13.5. The van der Waals surface area contributed by atoms with E-state index < -0.39 is 16.6 Å². The van der Waals surface area contributed by atoms with Gasteiger partial charge in [-0.15, -0.1) is 0 Å². The van der Waals surface area contributed by atoms with Crippen molar-refractivity contribution in [3.63, 3.8) is 0 Å². The van der Waals surface area contributed by atoms with Crippen molar-refractivity contribution in [3.8, 4) is 11.3 Å². The summed E-state index contributed by atoms with van der Waals surface area (Å²) in [7, 11) is 0. The molecule has 0 saturated heterocycles. The molecule has 2 aromatic rings. The first-order valence-corrected chi connectivity index (χ1v) is 7.11. The number of rotatable bonds is 4. The van der Waals surface area contributed by atoms with E-state index in [2.05, 4.69) is 10.5 Å². The molecule has 1 amide bonds. The largest absolute Gasteiger partial charge is 0.455 e. The Balaban J connectivity index is 2.03. The predicted octanol–water partition coefficient (Wildman–Crippen LogP) is 3.71. The molecule has 2 rings (SSSR count). The van der Waals surface area contributed by atoms with Crippen LogP contribution in [0.5, 0.6) is 0 Å². The van der Waals surface area contributed by atoms with E-state index in [-0.39, 0.29) is 5.69 Å². The molecule has 0 spiro atoms. The van der Waals surface area contributed by atoms with Gasteiger partial charge in [0.15, 0.2) is 0 Å². The molecule has 0 unspecified atom stereocenters. The lowest BCUT2D eigenvalue weighted by Gasteiger charge is -2.18.